The summed E-state index contributed by atoms with van der Waals surface area (Å²) < 4.78 is 27.6. The molecule has 1 aliphatic rings. The van der Waals surface area contributed by atoms with E-state index < -0.39 is 17.5 Å². The second-order valence-corrected chi connectivity index (χ2v) is 6.93. The Morgan fingerprint density at radius 2 is 1.70 bits per heavy atom. The van der Waals surface area contributed by atoms with Crippen LogP contribution in [-0.2, 0) is 0 Å². The van der Waals surface area contributed by atoms with Crippen molar-refractivity contribution in [3.8, 4) is 0 Å². The first kappa shape index (κ1) is 19.3. The first-order chi connectivity index (χ1) is 13.0. The molecule has 0 aromatic heterocycles. The number of halogens is 3. The van der Waals surface area contributed by atoms with E-state index in [-0.39, 0.29) is 28.0 Å². The quantitative estimate of drug-likeness (QED) is 0.857. The van der Waals surface area contributed by atoms with E-state index in [1.807, 2.05) is 0 Å². The topological polar surface area (TPSA) is 49.4 Å². The predicted octanol–water partition coefficient (Wildman–Crippen LogP) is 3.90. The molecule has 0 spiro atoms. The van der Waals surface area contributed by atoms with Crippen molar-refractivity contribution >= 4 is 23.4 Å². The number of amides is 2. The van der Waals surface area contributed by atoms with Gasteiger partial charge in [-0.2, -0.15) is 0 Å². The van der Waals surface area contributed by atoms with E-state index in [9.17, 15) is 18.4 Å². The average molecular weight is 393 g/mol. The highest BCUT2D eigenvalue weighted by Gasteiger charge is 2.26. The van der Waals surface area contributed by atoms with E-state index in [4.69, 9.17) is 11.6 Å². The monoisotopic (exact) mass is 392 g/mol. The zero-order valence-corrected chi connectivity index (χ0v) is 15.3. The zero-order valence-electron chi connectivity index (χ0n) is 14.6. The first-order valence-corrected chi connectivity index (χ1v) is 9.11. The van der Waals surface area contributed by atoms with Crippen LogP contribution in [0.3, 0.4) is 0 Å². The highest BCUT2D eigenvalue weighted by molar-refractivity contribution is 6.33. The van der Waals surface area contributed by atoms with E-state index in [2.05, 4.69) is 5.32 Å². The van der Waals surface area contributed by atoms with E-state index in [0.717, 1.165) is 0 Å². The van der Waals surface area contributed by atoms with Crippen molar-refractivity contribution in [3.05, 3.63) is 70.2 Å². The van der Waals surface area contributed by atoms with Crippen LogP contribution in [0.4, 0.5) is 8.78 Å². The normalized spacial score (nSPS) is 14.9. The van der Waals surface area contributed by atoms with Gasteiger partial charge in [-0.3, -0.25) is 9.59 Å². The lowest BCUT2D eigenvalue weighted by Gasteiger charge is -2.32. The summed E-state index contributed by atoms with van der Waals surface area (Å²) in [7, 11) is 0. The molecule has 1 N–H and O–H groups in total. The number of nitrogens with one attached hydrogen (secondary N) is 1. The van der Waals surface area contributed by atoms with Gasteiger partial charge in [-0.15, -0.1) is 0 Å². The third kappa shape index (κ3) is 4.45. The van der Waals surface area contributed by atoms with Crippen LogP contribution in [0.5, 0.6) is 0 Å². The molecule has 0 unspecified atom stereocenters. The van der Waals surface area contributed by atoms with Crippen LogP contribution in [-0.4, -0.2) is 36.3 Å². The maximum absolute atomic E-state index is 13.8. The fourth-order valence-electron chi connectivity index (χ4n) is 3.19. The second kappa shape index (κ2) is 8.48. The molecule has 0 saturated carbocycles. The molecular formula is C20H19ClF2N2O2. The summed E-state index contributed by atoms with van der Waals surface area (Å²) >= 11 is 5.90. The average Bonchev–Trinajstić information content (AvgIpc) is 2.66. The summed E-state index contributed by atoms with van der Waals surface area (Å²) in [4.78, 5) is 26.2. The SMILES string of the molecule is O=C(NCC1CCN(C(=O)c2ccccc2F)CC1)c1c(F)cccc1Cl. The fourth-order valence-corrected chi connectivity index (χ4v) is 3.43. The Balaban J connectivity index is 1.52. The molecule has 1 saturated heterocycles. The number of benzene rings is 2. The van der Waals surface area contributed by atoms with E-state index >= 15 is 0 Å². The van der Waals surface area contributed by atoms with Gasteiger partial charge in [-0.05, 0) is 43.0 Å². The van der Waals surface area contributed by atoms with Gasteiger partial charge >= 0.3 is 0 Å². The van der Waals surface area contributed by atoms with Crippen LogP contribution in [0.25, 0.3) is 0 Å². The summed E-state index contributed by atoms with van der Waals surface area (Å²) in [5.74, 6) is -1.91. The largest absolute Gasteiger partial charge is 0.352 e. The third-order valence-corrected chi connectivity index (χ3v) is 5.06. The molecule has 3 rings (SSSR count). The van der Waals surface area contributed by atoms with Crippen molar-refractivity contribution in [1.29, 1.82) is 0 Å². The Labute approximate surface area is 161 Å². The minimum absolute atomic E-state index is 0.0674. The number of hydrogen-bond acceptors (Lipinski definition) is 2. The van der Waals surface area contributed by atoms with Gasteiger partial charge in [-0.1, -0.05) is 29.8 Å². The van der Waals surface area contributed by atoms with Crippen LogP contribution >= 0.6 is 11.6 Å². The van der Waals surface area contributed by atoms with Gasteiger partial charge < -0.3 is 10.2 Å². The maximum atomic E-state index is 13.8. The van der Waals surface area contributed by atoms with Crippen LogP contribution in [0.15, 0.2) is 42.5 Å². The second-order valence-electron chi connectivity index (χ2n) is 6.52. The summed E-state index contributed by atoms with van der Waals surface area (Å²) in [6.07, 6.45) is 1.34. The van der Waals surface area contributed by atoms with Gasteiger partial charge in [0.1, 0.15) is 11.6 Å². The van der Waals surface area contributed by atoms with Crippen molar-refractivity contribution in [3.63, 3.8) is 0 Å². The van der Waals surface area contributed by atoms with Gasteiger partial charge in [0.2, 0.25) is 0 Å². The van der Waals surface area contributed by atoms with Crippen molar-refractivity contribution in [2.45, 2.75) is 12.8 Å². The molecule has 0 aliphatic carbocycles. The van der Waals surface area contributed by atoms with E-state index in [1.54, 1.807) is 17.0 Å². The molecule has 2 aromatic carbocycles. The molecule has 4 nitrogen and oxygen atoms in total. The predicted molar refractivity (Wildman–Crippen MR) is 98.8 cm³/mol. The van der Waals surface area contributed by atoms with Crippen molar-refractivity contribution < 1.29 is 18.4 Å². The molecule has 2 amide bonds. The molecule has 0 atom stereocenters. The maximum Gasteiger partial charge on any atom is 0.256 e. The fraction of sp³-hybridized carbons (Fsp3) is 0.300. The molecule has 0 bridgehead atoms. The summed E-state index contributed by atoms with van der Waals surface area (Å²) in [5, 5.41) is 2.78. The number of rotatable bonds is 4. The van der Waals surface area contributed by atoms with Gasteiger partial charge in [0.15, 0.2) is 0 Å². The van der Waals surface area contributed by atoms with E-state index in [0.29, 0.717) is 32.5 Å². The highest BCUT2D eigenvalue weighted by Crippen LogP contribution is 2.21. The van der Waals surface area contributed by atoms with Crippen LogP contribution in [0.1, 0.15) is 33.6 Å². The Morgan fingerprint density at radius 3 is 2.37 bits per heavy atom. The Morgan fingerprint density at radius 1 is 1.04 bits per heavy atom. The standard InChI is InChI=1S/C20H19ClF2N2O2/c21-15-5-3-7-17(23)18(15)19(26)24-12-13-8-10-25(11-9-13)20(27)14-4-1-2-6-16(14)22/h1-7,13H,8-12H2,(H,24,26). The number of piperidine rings is 1. The lowest BCUT2D eigenvalue weighted by atomic mass is 9.96. The molecule has 0 radical (unpaired) electrons. The highest BCUT2D eigenvalue weighted by atomic mass is 35.5. The first-order valence-electron chi connectivity index (χ1n) is 8.73. The molecule has 2 aromatic rings. The zero-order chi connectivity index (χ0) is 19.4. The Hall–Kier alpha value is -2.47. The van der Waals surface area contributed by atoms with Crippen molar-refractivity contribution in [1.82, 2.24) is 10.2 Å². The van der Waals surface area contributed by atoms with Crippen molar-refractivity contribution in [2.24, 2.45) is 5.92 Å². The van der Waals surface area contributed by atoms with Gasteiger partial charge in [0, 0.05) is 19.6 Å². The van der Waals surface area contributed by atoms with Crippen LogP contribution in [0, 0.1) is 17.6 Å². The minimum Gasteiger partial charge on any atom is -0.352 e. The lowest BCUT2D eigenvalue weighted by Crippen LogP contribution is -2.41. The summed E-state index contributed by atoms with van der Waals surface area (Å²) in [5.41, 5.74) is -0.0928. The molecular weight excluding hydrogens is 374 g/mol. The lowest BCUT2D eigenvalue weighted by molar-refractivity contribution is 0.0679. The van der Waals surface area contributed by atoms with Crippen LogP contribution < -0.4 is 5.32 Å². The number of nitrogens with zero attached hydrogens (tertiary/aromatic N) is 1. The van der Waals surface area contributed by atoms with Gasteiger partial charge in [-0.25, -0.2) is 8.78 Å². The molecule has 1 fully saturated rings. The van der Waals surface area contributed by atoms with Gasteiger partial charge in [0.05, 0.1) is 16.1 Å². The van der Waals surface area contributed by atoms with Crippen molar-refractivity contribution in [2.75, 3.05) is 19.6 Å². The minimum atomic E-state index is -0.662. The third-order valence-electron chi connectivity index (χ3n) is 4.75. The molecule has 27 heavy (non-hydrogen) atoms. The number of hydrogen-bond donors (Lipinski definition) is 1. The van der Waals surface area contributed by atoms with Crippen LogP contribution in [0.2, 0.25) is 5.02 Å². The smallest absolute Gasteiger partial charge is 0.256 e. The molecule has 1 heterocycles. The number of likely N-dealkylation sites (tertiary alicyclic amines) is 1. The van der Waals surface area contributed by atoms with Gasteiger partial charge in [0.25, 0.3) is 11.8 Å². The molecule has 7 heteroatoms. The Kier molecular flexibility index (Phi) is 6.06. The summed E-state index contributed by atoms with van der Waals surface area (Å²) in [6.45, 7) is 1.33. The number of carbonyl (C=O) groups is 2. The summed E-state index contributed by atoms with van der Waals surface area (Å²) in [6, 6.07) is 10.0. The van der Waals surface area contributed by atoms with E-state index in [1.165, 1.54) is 30.3 Å². The molecule has 142 valence electrons. The number of carbonyl (C=O) groups excluding carboxylic acids is 2. The Bertz CT molecular complexity index is 831. The molecule has 1 aliphatic heterocycles.